The fourth-order valence-electron chi connectivity index (χ4n) is 2.88. The molecule has 0 heterocycles. The van der Waals surface area contributed by atoms with Crippen LogP contribution in [-0.4, -0.2) is 45.0 Å². The molecule has 0 bridgehead atoms. The molecule has 0 saturated heterocycles. The zero-order valence-corrected chi connectivity index (χ0v) is 18.8. The van der Waals surface area contributed by atoms with Crippen molar-refractivity contribution in [3.05, 3.63) is 23.8 Å². The van der Waals surface area contributed by atoms with Crippen molar-refractivity contribution in [2.75, 3.05) is 30.6 Å². The quantitative estimate of drug-likeness (QED) is 0.726. The Morgan fingerprint density at radius 1 is 1.22 bits per heavy atom. The highest BCUT2D eigenvalue weighted by Crippen LogP contribution is 2.27. The largest absolute Gasteiger partial charge is 0.377 e. The Labute approximate surface area is 165 Å². The number of anilines is 2. The molecule has 0 aliphatic rings. The van der Waals surface area contributed by atoms with Crippen molar-refractivity contribution >= 4 is 27.3 Å². The van der Waals surface area contributed by atoms with Crippen LogP contribution < -0.4 is 10.2 Å². The molecule has 0 aliphatic carbocycles. The van der Waals surface area contributed by atoms with Gasteiger partial charge in [0.2, 0.25) is 15.9 Å². The van der Waals surface area contributed by atoms with Crippen LogP contribution in [0.4, 0.5) is 11.4 Å². The monoisotopic (exact) mass is 397 g/mol. The van der Waals surface area contributed by atoms with Crippen LogP contribution in [0.2, 0.25) is 0 Å². The van der Waals surface area contributed by atoms with E-state index in [9.17, 15) is 13.2 Å². The minimum absolute atomic E-state index is 0.0482. The summed E-state index contributed by atoms with van der Waals surface area (Å²) in [5.74, 6) is -0.0482. The Hall–Kier alpha value is -1.60. The normalized spacial score (nSPS) is 13.5. The van der Waals surface area contributed by atoms with Crippen molar-refractivity contribution in [2.24, 2.45) is 5.41 Å². The zero-order chi connectivity index (χ0) is 21.0. The highest BCUT2D eigenvalue weighted by atomic mass is 32.2. The van der Waals surface area contributed by atoms with Gasteiger partial charge in [0.25, 0.3) is 0 Å². The van der Waals surface area contributed by atoms with E-state index in [1.54, 1.807) is 0 Å². The van der Waals surface area contributed by atoms with Gasteiger partial charge in [0, 0.05) is 44.5 Å². The van der Waals surface area contributed by atoms with Gasteiger partial charge >= 0.3 is 0 Å². The number of hydrogen-bond acceptors (Lipinski definition) is 4. The van der Waals surface area contributed by atoms with Crippen LogP contribution in [0.5, 0.6) is 0 Å². The summed E-state index contributed by atoms with van der Waals surface area (Å²) in [7, 11) is 0.493. The van der Waals surface area contributed by atoms with Crippen LogP contribution in [0.1, 0.15) is 53.0 Å². The Morgan fingerprint density at radius 2 is 1.81 bits per heavy atom. The van der Waals surface area contributed by atoms with E-state index in [4.69, 9.17) is 0 Å². The first-order chi connectivity index (χ1) is 12.2. The van der Waals surface area contributed by atoms with Crippen LogP contribution in [-0.2, 0) is 21.4 Å². The minimum atomic E-state index is -3.35. The highest BCUT2D eigenvalue weighted by molar-refractivity contribution is 7.88. The number of amides is 1. The van der Waals surface area contributed by atoms with Crippen molar-refractivity contribution in [1.82, 2.24) is 4.31 Å². The fraction of sp³-hybridized carbons (Fsp3) is 0.650. The standard InChI is InChI=1S/C20H35N3O3S/c1-9-15(2)23(27(8,25)26)14-16-12-17(10-11-18(16)22(6)7)21-19(24)13-20(3,4)5/h10-12,15H,9,13-14H2,1-8H3,(H,21,24)/t15-/m1/s1. The summed E-state index contributed by atoms with van der Waals surface area (Å²) >= 11 is 0. The van der Waals surface area contributed by atoms with E-state index in [1.165, 1.54) is 10.6 Å². The second-order valence-corrected chi connectivity index (χ2v) is 10.5. The molecule has 1 rings (SSSR count). The van der Waals surface area contributed by atoms with Crippen molar-refractivity contribution in [3.63, 3.8) is 0 Å². The lowest BCUT2D eigenvalue weighted by Gasteiger charge is -2.28. The van der Waals surface area contributed by atoms with E-state index in [-0.39, 0.29) is 23.9 Å². The van der Waals surface area contributed by atoms with Crippen molar-refractivity contribution in [3.8, 4) is 0 Å². The van der Waals surface area contributed by atoms with Crippen LogP contribution in [0.25, 0.3) is 0 Å². The first-order valence-corrected chi connectivity index (χ1v) is 11.2. The Morgan fingerprint density at radius 3 is 2.26 bits per heavy atom. The molecule has 0 aliphatic heterocycles. The van der Waals surface area contributed by atoms with E-state index < -0.39 is 10.0 Å². The molecule has 0 spiro atoms. The summed E-state index contributed by atoms with van der Waals surface area (Å²) in [5.41, 5.74) is 2.38. The van der Waals surface area contributed by atoms with E-state index in [0.29, 0.717) is 12.1 Å². The Balaban J connectivity index is 3.21. The number of sulfonamides is 1. The van der Waals surface area contributed by atoms with E-state index in [0.717, 1.165) is 17.7 Å². The second kappa shape index (κ2) is 9.06. The highest BCUT2D eigenvalue weighted by Gasteiger charge is 2.24. The van der Waals surface area contributed by atoms with Crippen molar-refractivity contribution in [1.29, 1.82) is 0 Å². The number of rotatable bonds is 8. The minimum Gasteiger partial charge on any atom is -0.377 e. The predicted octanol–water partition coefficient (Wildman–Crippen LogP) is 3.69. The molecule has 0 saturated carbocycles. The molecule has 1 N–H and O–H groups in total. The average molecular weight is 398 g/mol. The summed E-state index contributed by atoms with van der Waals surface area (Å²) in [4.78, 5) is 14.2. The summed E-state index contributed by atoms with van der Waals surface area (Å²) in [6.45, 7) is 10.2. The lowest BCUT2D eigenvalue weighted by molar-refractivity contribution is -0.117. The van der Waals surface area contributed by atoms with Gasteiger partial charge in [-0.1, -0.05) is 27.7 Å². The Kier molecular flexibility index (Phi) is 7.87. The molecule has 1 atom stereocenters. The fourth-order valence-corrected chi connectivity index (χ4v) is 4.06. The third kappa shape index (κ3) is 7.50. The van der Waals surface area contributed by atoms with Gasteiger partial charge in [-0.05, 0) is 42.5 Å². The molecule has 0 unspecified atom stereocenters. The van der Waals surface area contributed by atoms with Gasteiger partial charge in [0.15, 0.2) is 0 Å². The summed E-state index contributed by atoms with van der Waals surface area (Å²) < 4.78 is 26.1. The first-order valence-electron chi connectivity index (χ1n) is 9.31. The number of nitrogens with zero attached hydrogens (tertiary/aromatic N) is 2. The number of nitrogens with one attached hydrogen (secondary N) is 1. The van der Waals surface area contributed by atoms with E-state index >= 15 is 0 Å². The van der Waals surface area contributed by atoms with Crippen LogP contribution in [0.15, 0.2) is 18.2 Å². The number of benzene rings is 1. The Bertz CT molecular complexity index is 752. The molecular formula is C20H35N3O3S. The summed E-state index contributed by atoms with van der Waals surface area (Å²) in [6, 6.07) is 5.54. The lowest BCUT2D eigenvalue weighted by Crippen LogP contribution is -2.37. The number of carbonyl (C=O) groups excluding carboxylic acids is 1. The molecule has 0 aromatic heterocycles. The second-order valence-electron chi connectivity index (χ2n) is 8.59. The van der Waals surface area contributed by atoms with Gasteiger partial charge < -0.3 is 10.2 Å². The molecular weight excluding hydrogens is 362 g/mol. The topological polar surface area (TPSA) is 69.7 Å². The third-order valence-corrected chi connectivity index (χ3v) is 5.71. The maximum absolute atomic E-state index is 12.3. The average Bonchev–Trinajstić information content (AvgIpc) is 2.48. The van der Waals surface area contributed by atoms with Gasteiger partial charge in [-0.3, -0.25) is 4.79 Å². The summed E-state index contributed by atoms with van der Waals surface area (Å²) in [5, 5.41) is 2.93. The lowest BCUT2D eigenvalue weighted by atomic mass is 9.92. The number of hydrogen-bond donors (Lipinski definition) is 1. The molecule has 1 aromatic rings. The van der Waals surface area contributed by atoms with Crippen molar-refractivity contribution < 1.29 is 13.2 Å². The van der Waals surface area contributed by atoms with Gasteiger partial charge in [0.1, 0.15) is 0 Å². The van der Waals surface area contributed by atoms with Crippen molar-refractivity contribution in [2.45, 2.75) is 60.0 Å². The molecule has 7 heteroatoms. The SMILES string of the molecule is CC[C@@H](C)N(Cc1cc(NC(=O)CC(C)(C)C)ccc1N(C)C)S(C)(=O)=O. The van der Waals surface area contributed by atoms with E-state index in [1.807, 2.05) is 71.8 Å². The van der Waals surface area contributed by atoms with Crippen LogP contribution >= 0.6 is 0 Å². The maximum atomic E-state index is 12.3. The molecule has 0 radical (unpaired) electrons. The van der Waals surface area contributed by atoms with Gasteiger partial charge in [-0.15, -0.1) is 0 Å². The molecule has 1 amide bonds. The molecule has 27 heavy (non-hydrogen) atoms. The zero-order valence-electron chi connectivity index (χ0n) is 18.0. The van der Waals surface area contributed by atoms with Gasteiger partial charge in [0.05, 0.1) is 6.26 Å². The van der Waals surface area contributed by atoms with E-state index in [2.05, 4.69) is 5.32 Å². The molecule has 6 nitrogen and oxygen atoms in total. The third-order valence-electron chi connectivity index (χ3n) is 4.37. The first kappa shape index (κ1) is 23.4. The number of carbonyl (C=O) groups is 1. The maximum Gasteiger partial charge on any atom is 0.224 e. The molecule has 1 aromatic carbocycles. The molecule has 154 valence electrons. The van der Waals surface area contributed by atoms with Crippen LogP contribution in [0.3, 0.4) is 0 Å². The predicted molar refractivity (Wildman–Crippen MR) is 114 cm³/mol. The smallest absolute Gasteiger partial charge is 0.224 e. The molecule has 0 fully saturated rings. The van der Waals surface area contributed by atoms with Gasteiger partial charge in [-0.2, -0.15) is 4.31 Å². The van der Waals surface area contributed by atoms with Gasteiger partial charge in [-0.25, -0.2) is 8.42 Å². The summed E-state index contributed by atoms with van der Waals surface area (Å²) in [6.07, 6.45) is 2.38. The van der Waals surface area contributed by atoms with Crippen LogP contribution in [0, 0.1) is 5.41 Å².